The molecule has 0 saturated heterocycles. The van der Waals surface area contributed by atoms with E-state index in [0.717, 1.165) is 0 Å². The lowest BCUT2D eigenvalue weighted by Crippen LogP contribution is -2.29. The highest BCUT2D eigenvalue weighted by Gasteiger charge is 2.43. The van der Waals surface area contributed by atoms with Crippen molar-refractivity contribution in [3.63, 3.8) is 0 Å². The number of nitrogens with one attached hydrogen (secondary N) is 1. The van der Waals surface area contributed by atoms with Gasteiger partial charge in [-0.1, -0.05) is 6.92 Å². The fraction of sp³-hybridized carbons (Fsp3) is 0.600. The fourth-order valence-corrected chi connectivity index (χ4v) is 1.97. The molecule has 1 rings (SSSR count). The molecule has 1 aliphatic rings. The third-order valence-electron chi connectivity index (χ3n) is 2.80. The number of nitrogens with two attached hydrogens (primary N) is 1. The van der Waals surface area contributed by atoms with Gasteiger partial charge in [-0.3, -0.25) is 4.79 Å². The normalized spacial score (nSPS) is 24.8. The first-order chi connectivity index (χ1) is 7.29. The van der Waals surface area contributed by atoms with Crippen LogP contribution >= 0.6 is 0 Å². The molecule has 0 aromatic heterocycles. The van der Waals surface area contributed by atoms with Crippen LogP contribution in [0.15, 0.2) is 11.1 Å². The molecule has 1 fully saturated rings. The first-order valence-corrected chi connectivity index (χ1v) is 4.98. The van der Waals surface area contributed by atoms with Crippen LogP contribution in [0.3, 0.4) is 0 Å². The minimum atomic E-state index is -4.77. The molecule has 0 bridgehead atoms. The Hall–Kier alpha value is -1.33. The maximum Gasteiger partial charge on any atom is 0.422 e. The number of hydrogen-bond donors (Lipinski definition) is 2. The van der Waals surface area contributed by atoms with Crippen molar-refractivity contribution in [2.75, 3.05) is 0 Å². The van der Waals surface area contributed by atoms with Gasteiger partial charge in [-0.05, 0) is 24.8 Å². The zero-order chi connectivity index (χ0) is 12.5. The van der Waals surface area contributed by atoms with E-state index in [4.69, 9.17) is 11.1 Å². The van der Waals surface area contributed by atoms with Gasteiger partial charge in [0.15, 0.2) is 0 Å². The molecule has 0 aliphatic heterocycles. The smallest absolute Gasteiger partial charge is 0.366 e. The summed E-state index contributed by atoms with van der Waals surface area (Å²) < 4.78 is 37.7. The van der Waals surface area contributed by atoms with E-state index in [0.29, 0.717) is 12.8 Å². The molecule has 1 aliphatic carbocycles. The molecule has 3 N–H and O–H groups in total. The molecule has 16 heavy (non-hydrogen) atoms. The van der Waals surface area contributed by atoms with E-state index in [1.54, 1.807) is 6.92 Å². The van der Waals surface area contributed by atoms with Crippen molar-refractivity contribution >= 4 is 11.6 Å². The Labute approximate surface area is 91.0 Å². The summed E-state index contributed by atoms with van der Waals surface area (Å²) in [5, 5.41) is 7.60. The average Bonchev–Trinajstić information content (AvgIpc) is 2.45. The van der Waals surface area contributed by atoms with Gasteiger partial charge in [-0.15, -0.1) is 0 Å². The van der Waals surface area contributed by atoms with E-state index < -0.39 is 17.7 Å². The van der Waals surface area contributed by atoms with Gasteiger partial charge in [0.2, 0.25) is 0 Å². The number of carbonyl (C=O) groups is 1. The molecule has 0 spiro atoms. The molecule has 1 amide bonds. The van der Waals surface area contributed by atoms with Crippen LogP contribution in [0.2, 0.25) is 0 Å². The molecule has 1 atom stereocenters. The highest BCUT2D eigenvalue weighted by Crippen LogP contribution is 2.37. The summed E-state index contributed by atoms with van der Waals surface area (Å²) in [5.41, 5.74) is 3.07. The van der Waals surface area contributed by atoms with Crippen LogP contribution in [0, 0.1) is 11.3 Å². The van der Waals surface area contributed by atoms with Gasteiger partial charge in [0.25, 0.3) is 5.91 Å². The molecule has 1 unspecified atom stereocenters. The van der Waals surface area contributed by atoms with Crippen molar-refractivity contribution in [3.05, 3.63) is 11.1 Å². The number of allylic oxidation sites excluding steroid dienone is 1. The molecular formula is C10H13F3N2O. The number of alkyl halides is 3. The minimum Gasteiger partial charge on any atom is -0.366 e. The lowest BCUT2D eigenvalue weighted by molar-refractivity contribution is -0.128. The van der Waals surface area contributed by atoms with Crippen molar-refractivity contribution in [1.82, 2.24) is 0 Å². The Morgan fingerprint density at radius 3 is 2.44 bits per heavy atom. The van der Waals surface area contributed by atoms with Crippen LogP contribution in [-0.4, -0.2) is 17.8 Å². The van der Waals surface area contributed by atoms with Gasteiger partial charge in [-0.2, -0.15) is 13.2 Å². The Balaban J connectivity index is 3.20. The van der Waals surface area contributed by atoms with Gasteiger partial charge < -0.3 is 11.1 Å². The largest absolute Gasteiger partial charge is 0.422 e. The summed E-state index contributed by atoms with van der Waals surface area (Å²) in [6.45, 7) is 1.81. The zero-order valence-corrected chi connectivity index (χ0v) is 8.82. The maximum absolute atomic E-state index is 12.6. The van der Waals surface area contributed by atoms with Crippen LogP contribution in [0.1, 0.15) is 26.2 Å². The summed E-state index contributed by atoms with van der Waals surface area (Å²) in [5.74, 6) is -1.68. The molecular weight excluding hydrogens is 221 g/mol. The third-order valence-corrected chi connectivity index (χ3v) is 2.80. The highest BCUT2D eigenvalue weighted by molar-refractivity contribution is 6.09. The van der Waals surface area contributed by atoms with Crippen LogP contribution in [0.25, 0.3) is 0 Å². The maximum atomic E-state index is 12.6. The molecule has 1 saturated carbocycles. The molecule has 0 aromatic carbocycles. The quantitative estimate of drug-likeness (QED) is 0.706. The Kier molecular flexibility index (Phi) is 3.40. The van der Waals surface area contributed by atoms with Gasteiger partial charge in [0, 0.05) is 11.6 Å². The number of rotatable bonds is 2. The fourth-order valence-electron chi connectivity index (χ4n) is 1.97. The van der Waals surface area contributed by atoms with Crippen LogP contribution in [0.5, 0.6) is 0 Å². The topological polar surface area (TPSA) is 66.9 Å². The third kappa shape index (κ3) is 2.25. The van der Waals surface area contributed by atoms with E-state index in [9.17, 15) is 18.0 Å². The lowest BCUT2D eigenvalue weighted by Gasteiger charge is -2.12. The Morgan fingerprint density at radius 2 is 2.12 bits per heavy atom. The zero-order valence-electron chi connectivity index (χ0n) is 8.82. The van der Waals surface area contributed by atoms with E-state index in [2.05, 4.69) is 0 Å². The Morgan fingerprint density at radius 1 is 1.56 bits per heavy atom. The molecule has 0 radical (unpaired) electrons. The number of amides is 1. The van der Waals surface area contributed by atoms with Gasteiger partial charge in [-0.25, -0.2) is 0 Å². The molecule has 6 heteroatoms. The van der Waals surface area contributed by atoms with Crippen LogP contribution < -0.4 is 5.73 Å². The van der Waals surface area contributed by atoms with Crippen LogP contribution in [0.4, 0.5) is 13.2 Å². The minimum absolute atomic E-state index is 0.0892. The number of carbonyl (C=O) groups excluding carboxylic acids is 1. The van der Waals surface area contributed by atoms with Gasteiger partial charge >= 0.3 is 6.18 Å². The predicted molar refractivity (Wildman–Crippen MR) is 53.0 cm³/mol. The van der Waals surface area contributed by atoms with E-state index in [1.165, 1.54) is 0 Å². The standard InChI is InChI=1S/C10H13F3N2O/c1-2-5-3-4-6(8(5)14)7(9(15)16)10(11,12)13/h5,14H,2-4H2,1H3,(H2,15,16)/b7-6+,14-8?. The molecule has 90 valence electrons. The monoisotopic (exact) mass is 234 g/mol. The SMILES string of the molecule is CCC1CC/C(=C(/C(N)=O)C(F)(F)F)C1=N. The van der Waals surface area contributed by atoms with Crippen molar-refractivity contribution in [3.8, 4) is 0 Å². The summed E-state index contributed by atoms with van der Waals surface area (Å²) in [7, 11) is 0. The first-order valence-electron chi connectivity index (χ1n) is 4.98. The van der Waals surface area contributed by atoms with Gasteiger partial charge in [0.05, 0.1) is 0 Å². The van der Waals surface area contributed by atoms with E-state index >= 15 is 0 Å². The summed E-state index contributed by atoms with van der Waals surface area (Å²) in [6, 6.07) is 0. The number of halogens is 3. The second-order valence-corrected chi connectivity index (χ2v) is 3.77. The lowest BCUT2D eigenvalue weighted by atomic mass is 9.99. The van der Waals surface area contributed by atoms with Crippen molar-refractivity contribution in [2.24, 2.45) is 11.7 Å². The van der Waals surface area contributed by atoms with Crippen molar-refractivity contribution < 1.29 is 18.0 Å². The first kappa shape index (κ1) is 12.7. The molecule has 3 nitrogen and oxygen atoms in total. The van der Waals surface area contributed by atoms with Crippen molar-refractivity contribution in [2.45, 2.75) is 32.4 Å². The summed E-state index contributed by atoms with van der Waals surface area (Å²) >= 11 is 0. The molecule has 0 heterocycles. The second-order valence-electron chi connectivity index (χ2n) is 3.77. The summed E-state index contributed by atoms with van der Waals surface area (Å²) in [4.78, 5) is 10.8. The van der Waals surface area contributed by atoms with E-state index in [1.807, 2.05) is 0 Å². The highest BCUT2D eigenvalue weighted by atomic mass is 19.4. The second kappa shape index (κ2) is 4.27. The van der Waals surface area contributed by atoms with E-state index in [-0.39, 0.29) is 23.6 Å². The van der Waals surface area contributed by atoms with Gasteiger partial charge in [0.1, 0.15) is 5.57 Å². The predicted octanol–water partition coefficient (Wildman–Crippen LogP) is 2.17. The average molecular weight is 234 g/mol. The van der Waals surface area contributed by atoms with Crippen LogP contribution in [-0.2, 0) is 4.79 Å². The number of hydrogen-bond acceptors (Lipinski definition) is 2. The Bertz CT molecular complexity index is 358. The van der Waals surface area contributed by atoms with Crippen molar-refractivity contribution in [1.29, 1.82) is 5.41 Å². The summed E-state index contributed by atoms with van der Waals surface area (Å²) in [6.07, 6.45) is -3.57. The molecule has 0 aromatic rings. The number of primary amides is 1.